The minimum Gasteiger partial charge on any atom is -0.360 e. The highest BCUT2D eigenvalue weighted by atomic mass is 32.2. The molecule has 0 radical (unpaired) electrons. The van der Waals surface area contributed by atoms with Gasteiger partial charge in [-0.25, -0.2) is 13.4 Å². The van der Waals surface area contributed by atoms with Crippen molar-refractivity contribution in [2.24, 2.45) is 0 Å². The molecule has 1 N–H and O–H groups in total. The van der Waals surface area contributed by atoms with Gasteiger partial charge in [-0.15, -0.1) is 11.3 Å². The van der Waals surface area contributed by atoms with Crippen molar-refractivity contribution in [3.05, 3.63) is 41.8 Å². The molecular formula is C14H15N3O2S3. The molecule has 3 aromatic rings. The van der Waals surface area contributed by atoms with Crippen LogP contribution in [-0.2, 0) is 10.0 Å². The van der Waals surface area contributed by atoms with Crippen LogP contribution in [0.4, 0.5) is 5.13 Å². The van der Waals surface area contributed by atoms with Gasteiger partial charge in [0.15, 0.2) is 5.13 Å². The third-order valence-electron chi connectivity index (χ3n) is 3.16. The van der Waals surface area contributed by atoms with E-state index in [0.29, 0.717) is 17.3 Å². The molecule has 8 heteroatoms. The number of likely N-dealkylation sites (N-methyl/N-ethyl adjacent to an activating group) is 1. The number of anilines is 1. The lowest BCUT2D eigenvalue weighted by molar-refractivity contribution is 0.482. The first-order chi connectivity index (χ1) is 10.6. The standard InChI is InChI=1S/C14H15N3O2S3/c1-17(22(18,19)13-7-4-10-20-13)9-8-15-14-16-11-5-2-3-6-12(11)21-14/h2-7,10H,8-9H2,1H3,(H,15,16). The van der Waals surface area contributed by atoms with E-state index in [0.717, 1.165) is 15.3 Å². The summed E-state index contributed by atoms with van der Waals surface area (Å²) in [6.07, 6.45) is 0. The molecule has 0 spiro atoms. The fourth-order valence-electron chi connectivity index (χ4n) is 1.95. The van der Waals surface area contributed by atoms with Gasteiger partial charge in [-0.2, -0.15) is 4.31 Å². The number of thiazole rings is 1. The first-order valence-electron chi connectivity index (χ1n) is 6.67. The molecule has 0 atom stereocenters. The predicted molar refractivity (Wildman–Crippen MR) is 92.2 cm³/mol. The second-order valence-electron chi connectivity index (χ2n) is 4.67. The van der Waals surface area contributed by atoms with Crippen molar-refractivity contribution in [3.8, 4) is 0 Å². The quantitative estimate of drug-likeness (QED) is 0.740. The van der Waals surface area contributed by atoms with Crippen LogP contribution in [0.15, 0.2) is 46.0 Å². The second kappa shape index (κ2) is 6.33. The highest BCUT2D eigenvalue weighted by Gasteiger charge is 2.21. The van der Waals surface area contributed by atoms with Crippen LogP contribution in [0, 0.1) is 0 Å². The van der Waals surface area contributed by atoms with Crippen LogP contribution >= 0.6 is 22.7 Å². The Morgan fingerprint density at radius 1 is 1.23 bits per heavy atom. The average Bonchev–Trinajstić information content (AvgIpc) is 3.16. The number of hydrogen-bond donors (Lipinski definition) is 1. The van der Waals surface area contributed by atoms with Gasteiger partial charge < -0.3 is 5.32 Å². The molecule has 2 heterocycles. The Labute approximate surface area is 137 Å². The number of rotatable bonds is 6. The highest BCUT2D eigenvalue weighted by molar-refractivity contribution is 7.91. The van der Waals surface area contributed by atoms with Gasteiger partial charge in [0.1, 0.15) is 4.21 Å². The summed E-state index contributed by atoms with van der Waals surface area (Å²) in [7, 11) is -1.79. The zero-order chi connectivity index (χ0) is 15.6. The van der Waals surface area contributed by atoms with Gasteiger partial charge in [-0.05, 0) is 23.6 Å². The molecule has 2 aromatic heterocycles. The number of hydrogen-bond acceptors (Lipinski definition) is 6. The summed E-state index contributed by atoms with van der Waals surface area (Å²) in [5.41, 5.74) is 0.953. The molecule has 0 aliphatic carbocycles. The van der Waals surface area contributed by atoms with Gasteiger partial charge in [0.2, 0.25) is 0 Å². The van der Waals surface area contributed by atoms with Crippen LogP contribution in [0.1, 0.15) is 0 Å². The molecule has 0 amide bonds. The van der Waals surface area contributed by atoms with Gasteiger partial charge in [-0.1, -0.05) is 29.5 Å². The lowest BCUT2D eigenvalue weighted by atomic mass is 10.3. The molecule has 0 unspecified atom stereocenters. The van der Waals surface area contributed by atoms with Crippen LogP contribution in [-0.4, -0.2) is 37.8 Å². The number of para-hydroxylation sites is 1. The second-order valence-corrected chi connectivity index (χ2v) is 8.92. The van der Waals surface area contributed by atoms with Crippen molar-refractivity contribution in [1.82, 2.24) is 9.29 Å². The number of aromatic nitrogens is 1. The van der Waals surface area contributed by atoms with Crippen molar-refractivity contribution in [2.45, 2.75) is 4.21 Å². The minimum atomic E-state index is -3.38. The maximum Gasteiger partial charge on any atom is 0.252 e. The molecule has 1 aromatic carbocycles. The van der Waals surface area contributed by atoms with Crippen molar-refractivity contribution in [2.75, 3.05) is 25.5 Å². The number of fused-ring (bicyclic) bond motifs is 1. The molecule has 0 aliphatic rings. The van der Waals surface area contributed by atoms with Gasteiger partial charge in [0, 0.05) is 20.1 Å². The molecule has 5 nitrogen and oxygen atoms in total. The van der Waals surface area contributed by atoms with E-state index in [1.54, 1.807) is 35.9 Å². The Kier molecular flexibility index (Phi) is 4.44. The maximum atomic E-state index is 12.3. The maximum absolute atomic E-state index is 12.3. The molecule has 22 heavy (non-hydrogen) atoms. The first-order valence-corrected chi connectivity index (χ1v) is 9.80. The Hall–Kier alpha value is -1.48. The summed E-state index contributed by atoms with van der Waals surface area (Å²) in [5.74, 6) is 0. The monoisotopic (exact) mass is 353 g/mol. The zero-order valence-electron chi connectivity index (χ0n) is 11.9. The van der Waals surface area contributed by atoms with Gasteiger partial charge in [-0.3, -0.25) is 0 Å². The number of sulfonamides is 1. The molecule has 0 fully saturated rings. The van der Waals surface area contributed by atoms with E-state index < -0.39 is 10.0 Å². The molecule has 3 rings (SSSR count). The number of thiophene rings is 1. The van der Waals surface area contributed by atoms with Crippen LogP contribution < -0.4 is 5.32 Å². The van der Waals surface area contributed by atoms with Crippen molar-refractivity contribution < 1.29 is 8.42 Å². The Morgan fingerprint density at radius 2 is 2.05 bits per heavy atom. The van der Waals surface area contributed by atoms with Crippen molar-refractivity contribution >= 4 is 48.0 Å². The third kappa shape index (κ3) is 3.14. The van der Waals surface area contributed by atoms with E-state index in [9.17, 15) is 8.42 Å². The predicted octanol–water partition coefficient (Wildman–Crippen LogP) is 3.09. The summed E-state index contributed by atoms with van der Waals surface area (Å²) in [4.78, 5) is 4.46. The van der Waals surface area contributed by atoms with E-state index in [1.165, 1.54) is 15.6 Å². The molecule has 0 aliphatic heterocycles. The van der Waals surface area contributed by atoms with E-state index in [2.05, 4.69) is 10.3 Å². The fraction of sp³-hybridized carbons (Fsp3) is 0.214. The SMILES string of the molecule is CN(CCNc1nc2ccccc2s1)S(=O)(=O)c1cccs1. The van der Waals surface area contributed by atoms with Gasteiger partial charge >= 0.3 is 0 Å². The molecule has 0 bridgehead atoms. The van der Waals surface area contributed by atoms with Crippen molar-refractivity contribution in [1.29, 1.82) is 0 Å². The van der Waals surface area contributed by atoms with E-state index in [-0.39, 0.29) is 0 Å². The summed E-state index contributed by atoms with van der Waals surface area (Å²) < 4.78 is 27.4. The highest BCUT2D eigenvalue weighted by Crippen LogP contribution is 2.25. The Balaban J connectivity index is 1.61. The summed E-state index contributed by atoms with van der Waals surface area (Å²) in [6.45, 7) is 0.900. The minimum absolute atomic E-state index is 0.370. The number of benzene rings is 1. The molecule has 0 saturated carbocycles. The van der Waals surface area contributed by atoms with E-state index >= 15 is 0 Å². The molecule has 116 valence electrons. The fourth-order valence-corrected chi connectivity index (χ4v) is 5.22. The molecule has 0 saturated heterocycles. The summed E-state index contributed by atoms with van der Waals surface area (Å²) in [6, 6.07) is 11.3. The topological polar surface area (TPSA) is 62.3 Å². The van der Waals surface area contributed by atoms with Crippen LogP contribution in [0.3, 0.4) is 0 Å². The zero-order valence-corrected chi connectivity index (χ0v) is 14.3. The van der Waals surface area contributed by atoms with Gasteiger partial charge in [0.25, 0.3) is 10.0 Å². The smallest absolute Gasteiger partial charge is 0.252 e. The lowest BCUT2D eigenvalue weighted by Crippen LogP contribution is -2.31. The van der Waals surface area contributed by atoms with Gasteiger partial charge in [0.05, 0.1) is 10.2 Å². The number of nitrogens with zero attached hydrogens (tertiary/aromatic N) is 2. The first kappa shape index (κ1) is 15.4. The van der Waals surface area contributed by atoms with Crippen molar-refractivity contribution in [3.63, 3.8) is 0 Å². The molecular weight excluding hydrogens is 338 g/mol. The number of nitrogens with one attached hydrogen (secondary N) is 1. The lowest BCUT2D eigenvalue weighted by Gasteiger charge is -2.15. The van der Waals surface area contributed by atoms with Crippen LogP contribution in [0.2, 0.25) is 0 Å². The van der Waals surface area contributed by atoms with E-state index in [1.807, 2.05) is 24.3 Å². The van der Waals surface area contributed by atoms with E-state index in [4.69, 9.17) is 0 Å². The average molecular weight is 353 g/mol. The summed E-state index contributed by atoms with van der Waals surface area (Å²) in [5, 5.41) is 5.76. The van der Waals surface area contributed by atoms with Crippen LogP contribution in [0.5, 0.6) is 0 Å². The summed E-state index contributed by atoms with van der Waals surface area (Å²) >= 11 is 2.80. The third-order valence-corrected chi connectivity index (χ3v) is 7.38. The largest absolute Gasteiger partial charge is 0.360 e. The Bertz CT molecular complexity index is 823. The normalized spacial score (nSPS) is 12.1. The Morgan fingerprint density at radius 3 is 2.77 bits per heavy atom. The van der Waals surface area contributed by atoms with Crippen LogP contribution in [0.25, 0.3) is 10.2 Å².